The molecule has 4 heteroatoms. The zero-order valence-corrected chi connectivity index (χ0v) is 17.5. The number of Topliss-reactive ketones (excluding diaryl/α,β-unsaturated/α-hetero) is 1. The van der Waals surface area contributed by atoms with Crippen LogP contribution in [-0.2, 0) is 16.1 Å². The topological polar surface area (TPSA) is 40.6 Å². The highest BCUT2D eigenvalue weighted by Gasteiger charge is 2.54. The molecule has 1 heterocycles. The molecular formula is C25H34N2O2. The Balaban J connectivity index is 1.09. The molecule has 5 aliphatic rings. The minimum atomic E-state index is -0.0522. The summed E-state index contributed by atoms with van der Waals surface area (Å²) in [4.78, 5) is 30.3. The zero-order valence-electron chi connectivity index (χ0n) is 17.5. The Labute approximate surface area is 174 Å². The van der Waals surface area contributed by atoms with Crippen LogP contribution in [0.1, 0.15) is 56.9 Å². The van der Waals surface area contributed by atoms with Crippen molar-refractivity contribution < 1.29 is 9.59 Å². The van der Waals surface area contributed by atoms with E-state index in [4.69, 9.17) is 0 Å². The Hall–Kier alpha value is -1.68. The molecule has 0 unspecified atom stereocenters. The van der Waals surface area contributed by atoms with Crippen molar-refractivity contribution in [3.8, 4) is 0 Å². The standard InChI is InChI=1S/C25H34N2O2/c28-23(25-15-20-12-21(16-25)14-22(13-20)17-25)6-7-24(29)27-10-8-26(9-11-27)18-19-4-2-1-3-5-19/h1-5,20-22H,6-18H2. The van der Waals surface area contributed by atoms with Crippen LogP contribution >= 0.6 is 0 Å². The fraction of sp³-hybridized carbons (Fsp3) is 0.680. The molecule has 0 radical (unpaired) electrons. The van der Waals surface area contributed by atoms with Crippen LogP contribution in [0.25, 0.3) is 0 Å². The van der Waals surface area contributed by atoms with Crippen molar-refractivity contribution in [2.24, 2.45) is 23.2 Å². The SMILES string of the molecule is O=C(CCC(=O)C12CC3CC(CC(C3)C1)C2)N1CCN(Cc2ccccc2)CC1. The minimum absolute atomic E-state index is 0.0522. The fourth-order valence-corrected chi connectivity index (χ4v) is 7.09. The van der Waals surface area contributed by atoms with E-state index in [9.17, 15) is 9.59 Å². The molecule has 0 atom stereocenters. The zero-order chi connectivity index (χ0) is 19.8. The van der Waals surface area contributed by atoms with Gasteiger partial charge in [-0.2, -0.15) is 0 Å². The van der Waals surface area contributed by atoms with Gasteiger partial charge in [0.25, 0.3) is 0 Å². The Morgan fingerprint density at radius 2 is 1.41 bits per heavy atom. The van der Waals surface area contributed by atoms with Crippen LogP contribution in [0, 0.1) is 23.2 Å². The molecule has 156 valence electrons. The van der Waals surface area contributed by atoms with Crippen molar-refractivity contribution in [2.45, 2.75) is 57.9 Å². The van der Waals surface area contributed by atoms with Gasteiger partial charge >= 0.3 is 0 Å². The van der Waals surface area contributed by atoms with Gasteiger partial charge in [0.1, 0.15) is 5.78 Å². The van der Waals surface area contributed by atoms with Crippen molar-refractivity contribution in [1.82, 2.24) is 9.80 Å². The van der Waals surface area contributed by atoms with Gasteiger partial charge in [-0.05, 0) is 61.8 Å². The van der Waals surface area contributed by atoms with Gasteiger partial charge in [-0.25, -0.2) is 0 Å². The molecule has 6 rings (SSSR count). The summed E-state index contributed by atoms with van der Waals surface area (Å²) in [7, 11) is 0. The van der Waals surface area contributed by atoms with Crippen LogP contribution < -0.4 is 0 Å². The summed E-state index contributed by atoms with van der Waals surface area (Å²) in [6, 6.07) is 10.5. The van der Waals surface area contributed by atoms with Gasteiger partial charge in [-0.1, -0.05) is 30.3 Å². The smallest absolute Gasteiger partial charge is 0.223 e. The van der Waals surface area contributed by atoms with E-state index in [0.29, 0.717) is 18.6 Å². The second-order valence-corrected chi connectivity index (χ2v) is 10.3. The molecule has 5 fully saturated rings. The van der Waals surface area contributed by atoms with Crippen LogP contribution in [0.2, 0.25) is 0 Å². The number of piperazine rings is 1. The van der Waals surface area contributed by atoms with Crippen LogP contribution in [0.15, 0.2) is 30.3 Å². The lowest BCUT2D eigenvalue weighted by atomic mass is 9.48. The van der Waals surface area contributed by atoms with E-state index in [1.54, 1.807) is 0 Å². The van der Waals surface area contributed by atoms with Crippen LogP contribution in [0.4, 0.5) is 0 Å². The lowest BCUT2D eigenvalue weighted by molar-refractivity contribution is -0.146. The summed E-state index contributed by atoms with van der Waals surface area (Å²) in [6.07, 6.45) is 8.31. The molecule has 4 nitrogen and oxygen atoms in total. The number of rotatable bonds is 6. The number of carbonyl (C=O) groups is 2. The van der Waals surface area contributed by atoms with E-state index in [2.05, 4.69) is 29.2 Å². The number of hydrogen-bond acceptors (Lipinski definition) is 3. The largest absolute Gasteiger partial charge is 0.340 e. The highest BCUT2D eigenvalue weighted by atomic mass is 16.2. The predicted molar refractivity (Wildman–Crippen MR) is 113 cm³/mol. The molecule has 4 saturated carbocycles. The number of hydrogen-bond donors (Lipinski definition) is 0. The van der Waals surface area contributed by atoms with Gasteiger partial charge in [-0.3, -0.25) is 14.5 Å². The van der Waals surface area contributed by atoms with Gasteiger partial charge in [0.15, 0.2) is 0 Å². The number of benzene rings is 1. The van der Waals surface area contributed by atoms with E-state index in [0.717, 1.165) is 69.7 Å². The van der Waals surface area contributed by atoms with Gasteiger partial charge in [-0.15, -0.1) is 0 Å². The Morgan fingerprint density at radius 3 is 2.00 bits per heavy atom. The van der Waals surface area contributed by atoms with E-state index in [-0.39, 0.29) is 11.3 Å². The molecule has 4 aliphatic carbocycles. The van der Waals surface area contributed by atoms with E-state index in [1.165, 1.54) is 24.8 Å². The maximum Gasteiger partial charge on any atom is 0.223 e. The van der Waals surface area contributed by atoms with E-state index in [1.807, 2.05) is 11.0 Å². The number of nitrogens with zero attached hydrogens (tertiary/aromatic N) is 2. The molecule has 1 saturated heterocycles. The second kappa shape index (κ2) is 7.86. The first-order valence-electron chi connectivity index (χ1n) is 11.7. The maximum atomic E-state index is 13.2. The van der Waals surface area contributed by atoms with Gasteiger partial charge in [0, 0.05) is 51.0 Å². The van der Waals surface area contributed by atoms with Crippen molar-refractivity contribution in [1.29, 1.82) is 0 Å². The number of amides is 1. The highest BCUT2D eigenvalue weighted by molar-refractivity contribution is 5.89. The monoisotopic (exact) mass is 394 g/mol. The third-order valence-corrected chi connectivity index (χ3v) is 8.17. The summed E-state index contributed by atoms with van der Waals surface area (Å²) in [5.41, 5.74) is 1.28. The van der Waals surface area contributed by atoms with Crippen LogP contribution in [-0.4, -0.2) is 47.7 Å². The Kier molecular flexibility index (Phi) is 5.23. The van der Waals surface area contributed by atoms with Crippen molar-refractivity contribution >= 4 is 11.7 Å². The van der Waals surface area contributed by atoms with Crippen molar-refractivity contribution in [3.63, 3.8) is 0 Å². The molecule has 4 bridgehead atoms. The minimum Gasteiger partial charge on any atom is -0.340 e. The predicted octanol–water partition coefficient (Wildman–Crippen LogP) is 3.90. The lowest BCUT2D eigenvalue weighted by Crippen LogP contribution is -2.50. The quantitative estimate of drug-likeness (QED) is 0.735. The van der Waals surface area contributed by atoms with Gasteiger partial charge in [0.05, 0.1) is 0 Å². The van der Waals surface area contributed by atoms with Crippen LogP contribution in [0.5, 0.6) is 0 Å². The normalized spacial score (nSPS) is 33.8. The molecule has 29 heavy (non-hydrogen) atoms. The molecule has 1 amide bonds. The number of carbonyl (C=O) groups excluding carboxylic acids is 2. The molecule has 1 aromatic carbocycles. The van der Waals surface area contributed by atoms with E-state index < -0.39 is 0 Å². The number of ketones is 1. The summed E-state index contributed by atoms with van der Waals surface area (Å²) < 4.78 is 0. The molecule has 1 aliphatic heterocycles. The first-order chi connectivity index (χ1) is 14.1. The fourth-order valence-electron chi connectivity index (χ4n) is 7.09. The maximum absolute atomic E-state index is 13.2. The van der Waals surface area contributed by atoms with Gasteiger partial charge in [0.2, 0.25) is 5.91 Å². The average Bonchev–Trinajstić information content (AvgIpc) is 2.72. The third-order valence-electron chi connectivity index (χ3n) is 8.17. The van der Waals surface area contributed by atoms with Gasteiger partial charge < -0.3 is 4.90 Å². The summed E-state index contributed by atoms with van der Waals surface area (Å²) in [5.74, 6) is 2.96. The molecular weight excluding hydrogens is 360 g/mol. The first kappa shape index (κ1) is 19.3. The molecule has 0 N–H and O–H groups in total. The second-order valence-electron chi connectivity index (χ2n) is 10.3. The summed E-state index contributed by atoms with van der Waals surface area (Å²) in [6.45, 7) is 4.37. The Morgan fingerprint density at radius 1 is 0.828 bits per heavy atom. The molecule has 1 aromatic rings. The lowest BCUT2D eigenvalue weighted by Gasteiger charge is -2.56. The van der Waals surface area contributed by atoms with Crippen molar-refractivity contribution in [2.75, 3.05) is 26.2 Å². The first-order valence-corrected chi connectivity index (χ1v) is 11.7. The Bertz CT molecular complexity index is 716. The van der Waals surface area contributed by atoms with E-state index >= 15 is 0 Å². The summed E-state index contributed by atoms with van der Waals surface area (Å²) >= 11 is 0. The average molecular weight is 395 g/mol. The summed E-state index contributed by atoms with van der Waals surface area (Å²) in [5, 5.41) is 0. The molecule has 0 aromatic heterocycles. The molecule has 0 spiro atoms. The van der Waals surface area contributed by atoms with Crippen molar-refractivity contribution in [3.05, 3.63) is 35.9 Å². The van der Waals surface area contributed by atoms with Crippen LogP contribution in [0.3, 0.4) is 0 Å². The highest BCUT2D eigenvalue weighted by Crippen LogP contribution is 2.60. The third kappa shape index (κ3) is 4.01.